The van der Waals surface area contributed by atoms with Gasteiger partial charge in [0.15, 0.2) is 0 Å². The monoisotopic (exact) mass is 195 g/mol. The molecule has 0 saturated heterocycles. The average molecular weight is 195 g/mol. The summed E-state index contributed by atoms with van der Waals surface area (Å²) in [4.78, 5) is 0. The van der Waals surface area contributed by atoms with Crippen LogP contribution in [0, 0.1) is 11.3 Å². The molecule has 2 N–H and O–H groups in total. The number of rotatable bonds is 4. The molecule has 0 radical (unpaired) electrons. The van der Waals surface area contributed by atoms with Gasteiger partial charge in [-0.3, -0.25) is 0 Å². The van der Waals surface area contributed by atoms with Gasteiger partial charge in [0.25, 0.3) is 0 Å². The van der Waals surface area contributed by atoms with Gasteiger partial charge in [-0.2, -0.15) is 13.2 Å². The molecule has 0 heterocycles. The van der Waals surface area contributed by atoms with Gasteiger partial charge in [0.2, 0.25) is 0 Å². The number of halogens is 3. The molecule has 2 unspecified atom stereocenters. The Morgan fingerprint density at radius 2 is 2.08 bits per heavy atom. The van der Waals surface area contributed by atoms with Crippen molar-refractivity contribution in [3.05, 3.63) is 0 Å². The number of hydrogen-bond donors (Lipinski definition) is 1. The molecule has 1 saturated carbocycles. The second-order valence-corrected chi connectivity index (χ2v) is 4.26. The lowest BCUT2D eigenvalue weighted by atomic mass is 9.98. The Kier molecular flexibility index (Phi) is 2.90. The van der Waals surface area contributed by atoms with Crippen molar-refractivity contribution in [3.8, 4) is 0 Å². The first-order valence-corrected chi connectivity index (χ1v) is 4.64. The first-order valence-electron chi connectivity index (χ1n) is 4.64. The summed E-state index contributed by atoms with van der Waals surface area (Å²) in [5, 5.41) is 0. The van der Waals surface area contributed by atoms with Crippen LogP contribution in [0.15, 0.2) is 0 Å². The predicted octanol–water partition coefficient (Wildman–Crippen LogP) is 2.70. The van der Waals surface area contributed by atoms with E-state index in [-0.39, 0.29) is 11.8 Å². The highest BCUT2D eigenvalue weighted by molar-refractivity contribution is 4.98. The van der Waals surface area contributed by atoms with E-state index in [9.17, 15) is 13.2 Å². The molecular formula is C9H16F3N. The largest absolute Gasteiger partial charge is 0.389 e. The molecule has 0 aliphatic heterocycles. The van der Waals surface area contributed by atoms with Gasteiger partial charge in [-0.1, -0.05) is 6.92 Å². The van der Waals surface area contributed by atoms with Crippen molar-refractivity contribution in [1.82, 2.24) is 0 Å². The molecule has 0 bridgehead atoms. The van der Waals surface area contributed by atoms with Crippen LogP contribution >= 0.6 is 0 Å². The maximum Gasteiger partial charge on any atom is 0.389 e. The quantitative estimate of drug-likeness (QED) is 0.733. The summed E-state index contributed by atoms with van der Waals surface area (Å²) in [5.41, 5.74) is 5.56. The van der Waals surface area contributed by atoms with E-state index < -0.39 is 12.6 Å². The minimum atomic E-state index is -4.00. The SMILES string of the molecule is CC1(CCCC(F)(F)F)CC1CN. The fourth-order valence-corrected chi connectivity index (χ4v) is 1.87. The first-order chi connectivity index (χ1) is 5.87. The number of alkyl halides is 3. The summed E-state index contributed by atoms with van der Waals surface area (Å²) in [6, 6.07) is 0. The van der Waals surface area contributed by atoms with E-state index in [4.69, 9.17) is 5.73 Å². The molecule has 1 rings (SSSR count). The highest BCUT2D eigenvalue weighted by Crippen LogP contribution is 2.55. The van der Waals surface area contributed by atoms with E-state index in [1.165, 1.54) is 0 Å². The van der Waals surface area contributed by atoms with Crippen LogP contribution in [-0.4, -0.2) is 12.7 Å². The fourth-order valence-electron chi connectivity index (χ4n) is 1.87. The van der Waals surface area contributed by atoms with E-state index in [0.717, 1.165) is 6.42 Å². The molecule has 0 amide bonds. The van der Waals surface area contributed by atoms with Crippen LogP contribution in [0.3, 0.4) is 0 Å². The van der Waals surface area contributed by atoms with Crippen molar-refractivity contribution in [2.45, 2.75) is 38.8 Å². The average Bonchev–Trinajstić information content (AvgIpc) is 2.59. The van der Waals surface area contributed by atoms with Crippen LogP contribution in [-0.2, 0) is 0 Å². The predicted molar refractivity (Wildman–Crippen MR) is 45.2 cm³/mol. The maximum absolute atomic E-state index is 11.8. The van der Waals surface area contributed by atoms with Crippen molar-refractivity contribution in [2.75, 3.05) is 6.54 Å². The molecule has 78 valence electrons. The molecule has 1 aliphatic carbocycles. The molecule has 1 nitrogen and oxygen atoms in total. The van der Waals surface area contributed by atoms with Crippen LogP contribution in [0.1, 0.15) is 32.6 Å². The number of hydrogen-bond acceptors (Lipinski definition) is 1. The van der Waals surface area contributed by atoms with E-state index in [1.807, 2.05) is 6.92 Å². The Balaban J connectivity index is 2.14. The summed E-state index contributed by atoms with van der Waals surface area (Å²) in [7, 11) is 0. The van der Waals surface area contributed by atoms with Crippen LogP contribution in [0.2, 0.25) is 0 Å². The minimum absolute atomic E-state index is 0.111. The van der Waals surface area contributed by atoms with Gasteiger partial charge in [0, 0.05) is 6.42 Å². The molecule has 4 heteroatoms. The second kappa shape index (κ2) is 3.48. The Hall–Kier alpha value is -0.250. The molecular weight excluding hydrogens is 179 g/mol. The highest BCUT2D eigenvalue weighted by Gasteiger charge is 2.48. The third kappa shape index (κ3) is 3.18. The Morgan fingerprint density at radius 3 is 2.46 bits per heavy atom. The van der Waals surface area contributed by atoms with Crippen LogP contribution in [0.4, 0.5) is 13.2 Å². The van der Waals surface area contributed by atoms with E-state index in [2.05, 4.69) is 0 Å². The van der Waals surface area contributed by atoms with Crippen molar-refractivity contribution in [3.63, 3.8) is 0 Å². The third-order valence-electron chi connectivity index (χ3n) is 3.03. The van der Waals surface area contributed by atoms with Gasteiger partial charge in [-0.15, -0.1) is 0 Å². The minimum Gasteiger partial charge on any atom is -0.330 e. The normalized spacial score (nSPS) is 33.5. The van der Waals surface area contributed by atoms with Gasteiger partial charge in [0.1, 0.15) is 0 Å². The zero-order valence-electron chi connectivity index (χ0n) is 7.82. The van der Waals surface area contributed by atoms with Crippen molar-refractivity contribution >= 4 is 0 Å². The van der Waals surface area contributed by atoms with Crippen LogP contribution in [0.25, 0.3) is 0 Å². The summed E-state index contributed by atoms with van der Waals surface area (Å²) < 4.78 is 35.4. The lowest BCUT2D eigenvalue weighted by Crippen LogP contribution is -2.11. The fraction of sp³-hybridized carbons (Fsp3) is 1.00. The molecule has 0 aromatic rings. The van der Waals surface area contributed by atoms with E-state index in [0.29, 0.717) is 18.9 Å². The summed E-state index contributed by atoms with van der Waals surface area (Å²) >= 11 is 0. The summed E-state index contributed by atoms with van der Waals surface area (Å²) in [6.45, 7) is 2.64. The summed E-state index contributed by atoms with van der Waals surface area (Å²) in [6.07, 6.45) is -2.74. The second-order valence-electron chi connectivity index (χ2n) is 4.26. The van der Waals surface area contributed by atoms with Crippen LogP contribution < -0.4 is 5.73 Å². The topological polar surface area (TPSA) is 26.0 Å². The molecule has 2 atom stereocenters. The number of nitrogens with two attached hydrogens (primary N) is 1. The molecule has 1 aliphatic rings. The van der Waals surface area contributed by atoms with Gasteiger partial charge in [0.05, 0.1) is 0 Å². The van der Waals surface area contributed by atoms with Gasteiger partial charge in [-0.05, 0) is 37.1 Å². The molecule has 0 aromatic carbocycles. The van der Waals surface area contributed by atoms with Crippen LogP contribution in [0.5, 0.6) is 0 Å². The lowest BCUT2D eigenvalue weighted by molar-refractivity contribution is -0.136. The zero-order valence-corrected chi connectivity index (χ0v) is 7.82. The van der Waals surface area contributed by atoms with Crippen molar-refractivity contribution in [1.29, 1.82) is 0 Å². The highest BCUT2D eigenvalue weighted by atomic mass is 19.4. The van der Waals surface area contributed by atoms with Gasteiger partial charge < -0.3 is 5.73 Å². The van der Waals surface area contributed by atoms with Crippen molar-refractivity contribution in [2.24, 2.45) is 17.1 Å². The zero-order chi connectivity index (χ0) is 10.1. The third-order valence-corrected chi connectivity index (χ3v) is 3.03. The lowest BCUT2D eigenvalue weighted by Gasteiger charge is -2.11. The smallest absolute Gasteiger partial charge is 0.330 e. The summed E-state index contributed by atoms with van der Waals surface area (Å²) in [5.74, 6) is 0.459. The maximum atomic E-state index is 11.8. The molecule has 1 fully saturated rings. The first kappa shape index (κ1) is 10.8. The van der Waals surface area contributed by atoms with Gasteiger partial charge >= 0.3 is 6.18 Å². The van der Waals surface area contributed by atoms with Gasteiger partial charge in [-0.25, -0.2) is 0 Å². The van der Waals surface area contributed by atoms with E-state index >= 15 is 0 Å². The molecule has 13 heavy (non-hydrogen) atoms. The Bertz CT molecular complexity index is 178. The van der Waals surface area contributed by atoms with Crippen molar-refractivity contribution < 1.29 is 13.2 Å². The Morgan fingerprint density at radius 1 is 1.46 bits per heavy atom. The standard InChI is InChI=1S/C9H16F3N/c1-8(5-7(8)6-13)3-2-4-9(10,11)12/h7H,2-6,13H2,1H3. The molecule has 0 spiro atoms. The van der Waals surface area contributed by atoms with E-state index in [1.54, 1.807) is 0 Å². The molecule has 0 aromatic heterocycles. The Labute approximate surface area is 76.5 Å².